The van der Waals surface area contributed by atoms with Crippen LogP contribution >= 0.6 is 0 Å². The highest BCUT2D eigenvalue weighted by Crippen LogP contribution is 2.37. The summed E-state index contributed by atoms with van der Waals surface area (Å²) in [5, 5.41) is 23.5. The van der Waals surface area contributed by atoms with Crippen LogP contribution in [-0.2, 0) is 0 Å². The second kappa shape index (κ2) is 4.91. The lowest BCUT2D eigenvalue weighted by molar-refractivity contribution is 0.382. The van der Waals surface area contributed by atoms with Crippen LogP contribution in [0, 0.1) is 0 Å². The molecule has 0 aliphatic heterocycles. The van der Waals surface area contributed by atoms with Crippen molar-refractivity contribution < 1.29 is 14.7 Å². The average molecular weight is 260 g/mol. The molecule has 19 heavy (non-hydrogen) atoms. The molecule has 100 valence electrons. The van der Waals surface area contributed by atoms with Crippen molar-refractivity contribution in [3.05, 3.63) is 24.0 Å². The van der Waals surface area contributed by atoms with Crippen LogP contribution < -0.4 is 0 Å². The SMILES string of the molecule is Oc1cccc(O)c1-c1nc(C2CCCCC2)no1. The van der Waals surface area contributed by atoms with Crippen LogP contribution in [0.4, 0.5) is 0 Å². The van der Waals surface area contributed by atoms with Gasteiger partial charge in [0.25, 0.3) is 5.89 Å². The molecular formula is C14H16N2O3. The standard InChI is InChI=1S/C14H16N2O3/c17-10-7-4-8-11(18)12(10)14-15-13(16-19-14)9-5-2-1-3-6-9/h4,7-9,17-18H,1-3,5-6H2. The molecule has 1 aliphatic carbocycles. The van der Waals surface area contributed by atoms with Gasteiger partial charge < -0.3 is 14.7 Å². The normalized spacial score (nSPS) is 16.6. The number of phenols is 2. The third-order valence-corrected chi connectivity index (χ3v) is 3.65. The average Bonchev–Trinajstić information content (AvgIpc) is 2.89. The minimum Gasteiger partial charge on any atom is -0.507 e. The van der Waals surface area contributed by atoms with Gasteiger partial charge in [-0.05, 0) is 25.0 Å². The Morgan fingerprint density at radius 1 is 1.05 bits per heavy atom. The second-order valence-electron chi connectivity index (χ2n) is 4.96. The Morgan fingerprint density at radius 3 is 2.42 bits per heavy atom. The minimum absolute atomic E-state index is 0.0566. The summed E-state index contributed by atoms with van der Waals surface area (Å²) in [6.07, 6.45) is 5.80. The molecule has 0 spiro atoms. The Kier molecular flexibility index (Phi) is 3.11. The van der Waals surface area contributed by atoms with Crippen LogP contribution in [-0.4, -0.2) is 20.4 Å². The molecule has 2 aromatic rings. The Balaban J connectivity index is 1.92. The van der Waals surface area contributed by atoms with Gasteiger partial charge >= 0.3 is 0 Å². The maximum Gasteiger partial charge on any atom is 0.265 e. The van der Waals surface area contributed by atoms with Gasteiger partial charge in [-0.1, -0.05) is 30.5 Å². The van der Waals surface area contributed by atoms with Crippen molar-refractivity contribution in [2.45, 2.75) is 38.0 Å². The number of phenolic OH excluding ortho intramolecular Hbond substituents is 2. The number of aromatic hydroxyl groups is 2. The quantitative estimate of drug-likeness (QED) is 0.866. The molecule has 0 radical (unpaired) electrons. The summed E-state index contributed by atoms with van der Waals surface area (Å²) in [6, 6.07) is 4.53. The van der Waals surface area contributed by atoms with E-state index in [9.17, 15) is 10.2 Å². The first-order valence-corrected chi connectivity index (χ1v) is 6.60. The largest absolute Gasteiger partial charge is 0.507 e. The molecule has 3 rings (SSSR count). The molecule has 0 atom stereocenters. The first kappa shape index (κ1) is 12.0. The van der Waals surface area contributed by atoms with Crippen LogP contribution in [0.15, 0.2) is 22.7 Å². The van der Waals surface area contributed by atoms with Crippen molar-refractivity contribution in [1.29, 1.82) is 0 Å². The molecular weight excluding hydrogens is 244 g/mol. The fourth-order valence-corrected chi connectivity index (χ4v) is 2.61. The molecule has 0 amide bonds. The van der Waals surface area contributed by atoms with E-state index < -0.39 is 0 Å². The highest BCUT2D eigenvalue weighted by molar-refractivity contribution is 5.69. The zero-order chi connectivity index (χ0) is 13.2. The number of rotatable bonds is 2. The van der Waals surface area contributed by atoms with E-state index in [1.54, 1.807) is 6.07 Å². The predicted octanol–water partition coefficient (Wildman–Crippen LogP) is 3.20. The van der Waals surface area contributed by atoms with Crippen molar-refractivity contribution >= 4 is 0 Å². The summed E-state index contributed by atoms with van der Waals surface area (Å²) in [7, 11) is 0. The molecule has 2 N–H and O–H groups in total. The van der Waals surface area contributed by atoms with E-state index in [2.05, 4.69) is 10.1 Å². The number of aromatic nitrogens is 2. The summed E-state index contributed by atoms with van der Waals surface area (Å²) in [5.41, 5.74) is 0.206. The van der Waals surface area contributed by atoms with Crippen molar-refractivity contribution in [3.8, 4) is 23.0 Å². The van der Waals surface area contributed by atoms with Gasteiger partial charge in [0.1, 0.15) is 17.1 Å². The maximum absolute atomic E-state index is 9.78. The fourth-order valence-electron chi connectivity index (χ4n) is 2.61. The topological polar surface area (TPSA) is 79.4 Å². The predicted molar refractivity (Wildman–Crippen MR) is 68.9 cm³/mol. The smallest absolute Gasteiger partial charge is 0.265 e. The van der Waals surface area contributed by atoms with E-state index in [-0.39, 0.29) is 23.0 Å². The summed E-state index contributed by atoms with van der Waals surface area (Å²) in [6.45, 7) is 0. The molecule has 0 bridgehead atoms. The number of nitrogens with zero attached hydrogens (tertiary/aromatic N) is 2. The first-order valence-electron chi connectivity index (χ1n) is 6.60. The number of hydrogen-bond acceptors (Lipinski definition) is 5. The van der Waals surface area contributed by atoms with E-state index in [1.807, 2.05) is 0 Å². The lowest BCUT2D eigenvalue weighted by Gasteiger charge is -2.17. The minimum atomic E-state index is -0.0566. The highest BCUT2D eigenvalue weighted by atomic mass is 16.5. The Labute approximate surface area is 110 Å². The van der Waals surface area contributed by atoms with Crippen molar-refractivity contribution in [2.75, 3.05) is 0 Å². The van der Waals surface area contributed by atoms with Gasteiger partial charge in [-0.2, -0.15) is 4.98 Å². The molecule has 1 heterocycles. The fraction of sp³-hybridized carbons (Fsp3) is 0.429. The molecule has 1 aromatic heterocycles. The van der Waals surface area contributed by atoms with Crippen LogP contribution in [0.5, 0.6) is 11.5 Å². The van der Waals surface area contributed by atoms with Crippen LogP contribution in [0.2, 0.25) is 0 Å². The van der Waals surface area contributed by atoms with Crippen LogP contribution in [0.25, 0.3) is 11.5 Å². The zero-order valence-corrected chi connectivity index (χ0v) is 10.5. The molecule has 0 unspecified atom stereocenters. The number of benzene rings is 1. The van der Waals surface area contributed by atoms with Gasteiger partial charge in [0.2, 0.25) is 0 Å². The van der Waals surface area contributed by atoms with Crippen LogP contribution in [0.1, 0.15) is 43.8 Å². The Morgan fingerprint density at radius 2 is 1.74 bits per heavy atom. The van der Waals surface area contributed by atoms with Gasteiger partial charge in [0.15, 0.2) is 5.82 Å². The lowest BCUT2D eigenvalue weighted by atomic mass is 9.89. The molecule has 1 aliphatic rings. The molecule has 1 aromatic carbocycles. The lowest BCUT2D eigenvalue weighted by Crippen LogP contribution is -2.06. The maximum atomic E-state index is 9.78. The van der Waals surface area contributed by atoms with Gasteiger partial charge in [-0.25, -0.2) is 0 Å². The second-order valence-corrected chi connectivity index (χ2v) is 4.96. The number of hydrogen-bond donors (Lipinski definition) is 2. The van der Waals surface area contributed by atoms with Gasteiger partial charge in [0.05, 0.1) is 0 Å². The zero-order valence-electron chi connectivity index (χ0n) is 10.5. The van der Waals surface area contributed by atoms with Crippen molar-refractivity contribution in [3.63, 3.8) is 0 Å². The molecule has 1 saturated carbocycles. The van der Waals surface area contributed by atoms with Crippen molar-refractivity contribution in [1.82, 2.24) is 10.1 Å². The molecule has 5 nitrogen and oxygen atoms in total. The highest BCUT2D eigenvalue weighted by Gasteiger charge is 2.23. The van der Waals surface area contributed by atoms with E-state index in [4.69, 9.17) is 4.52 Å². The molecule has 0 saturated heterocycles. The molecule has 5 heteroatoms. The van der Waals surface area contributed by atoms with Crippen LogP contribution in [0.3, 0.4) is 0 Å². The summed E-state index contributed by atoms with van der Waals surface area (Å²) in [5.74, 6) is 1.07. The Hall–Kier alpha value is -2.04. The van der Waals surface area contributed by atoms with E-state index >= 15 is 0 Å². The first-order chi connectivity index (χ1) is 9.25. The monoisotopic (exact) mass is 260 g/mol. The van der Waals surface area contributed by atoms with Gasteiger partial charge in [-0.3, -0.25) is 0 Å². The van der Waals surface area contributed by atoms with Gasteiger partial charge in [-0.15, -0.1) is 0 Å². The third-order valence-electron chi connectivity index (χ3n) is 3.65. The van der Waals surface area contributed by atoms with E-state index in [0.717, 1.165) is 12.8 Å². The summed E-state index contributed by atoms with van der Waals surface area (Å²) < 4.78 is 5.18. The summed E-state index contributed by atoms with van der Waals surface area (Å²) >= 11 is 0. The van der Waals surface area contributed by atoms with E-state index in [0.29, 0.717) is 11.7 Å². The molecule has 1 fully saturated rings. The Bertz CT molecular complexity index is 554. The summed E-state index contributed by atoms with van der Waals surface area (Å²) in [4.78, 5) is 4.33. The van der Waals surface area contributed by atoms with Crippen molar-refractivity contribution in [2.24, 2.45) is 0 Å². The van der Waals surface area contributed by atoms with E-state index in [1.165, 1.54) is 31.4 Å². The third kappa shape index (κ3) is 2.28. The van der Waals surface area contributed by atoms with Gasteiger partial charge in [0, 0.05) is 5.92 Å².